The number of benzene rings is 1. The number of carbonyl (C=O) groups excluding carboxylic acids is 1. The van der Waals surface area contributed by atoms with E-state index in [0.29, 0.717) is 18.0 Å². The first-order valence-corrected chi connectivity index (χ1v) is 7.81. The van der Waals surface area contributed by atoms with Crippen LogP contribution in [0.5, 0.6) is 0 Å². The molecule has 1 aliphatic carbocycles. The van der Waals surface area contributed by atoms with E-state index in [1.807, 2.05) is 24.3 Å². The number of aliphatic hydroxyl groups excluding tert-OH is 1. The van der Waals surface area contributed by atoms with Crippen LogP contribution in [0.2, 0.25) is 0 Å². The quantitative estimate of drug-likeness (QED) is 0.663. The number of nitrogens with one attached hydrogen (secondary N) is 1. The summed E-state index contributed by atoms with van der Waals surface area (Å²) in [5.74, 6) is 5.82. The second kappa shape index (κ2) is 8.49. The molecule has 112 valence electrons. The van der Waals surface area contributed by atoms with Gasteiger partial charge in [0.1, 0.15) is 0 Å². The van der Waals surface area contributed by atoms with Crippen LogP contribution in [0.15, 0.2) is 24.3 Å². The van der Waals surface area contributed by atoms with Crippen molar-refractivity contribution in [1.29, 1.82) is 0 Å². The molecule has 1 aliphatic rings. The van der Waals surface area contributed by atoms with Gasteiger partial charge in [0.25, 0.3) is 5.91 Å². The molecule has 1 aromatic carbocycles. The maximum absolute atomic E-state index is 12.5. The van der Waals surface area contributed by atoms with Crippen molar-refractivity contribution in [2.24, 2.45) is 0 Å². The normalized spacial score (nSPS) is 15.7. The Morgan fingerprint density at radius 1 is 1.19 bits per heavy atom. The number of amides is 1. The highest BCUT2D eigenvalue weighted by atomic mass is 16.2. The molecule has 0 saturated heterocycles. The fraction of sp³-hybridized carbons (Fsp3) is 0.500. The predicted molar refractivity (Wildman–Crippen MR) is 84.0 cm³/mol. The number of rotatable bonds is 3. The minimum absolute atomic E-state index is 0.0317. The summed E-state index contributed by atoms with van der Waals surface area (Å²) in [6, 6.07) is 7.70. The first kappa shape index (κ1) is 15.6. The Morgan fingerprint density at radius 2 is 1.90 bits per heavy atom. The average molecular weight is 285 g/mol. The van der Waals surface area contributed by atoms with Gasteiger partial charge in [0.15, 0.2) is 0 Å². The lowest BCUT2D eigenvalue weighted by Crippen LogP contribution is -2.34. The van der Waals surface area contributed by atoms with Gasteiger partial charge in [-0.25, -0.2) is 0 Å². The van der Waals surface area contributed by atoms with Crippen LogP contribution < -0.4 is 5.32 Å². The Labute approximate surface area is 126 Å². The zero-order valence-electron chi connectivity index (χ0n) is 12.4. The highest BCUT2D eigenvalue weighted by Gasteiger charge is 2.17. The van der Waals surface area contributed by atoms with Gasteiger partial charge in [0.2, 0.25) is 0 Å². The molecular formula is C18H23NO2. The molecule has 0 atom stereocenters. The SMILES string of the molecule is O=C(NC1CCCCCC1)c1ccccc1C#CCCO. The van der Waals surface area contributed by atoms with Crippen molar-refractivity contribution in [1.82, 2.24) is 5.32 Å². The van der Waals surface area contributed by atoms with Crippen molar-refractivity contribution in [2.45, 2.75) is 51.0 Å². The Kier molecular flexibility index (Phi) is 6.30. The van der Waals surface area contributed by atoms with Gasteiger partial charge in [-0.05, 0) is 25.0 Å². The Bertz CT molecular complexity index is 520. The predicted octanol–water partition coefficient (Wildman–Crippen LogP) is 2.87. The number of hydrogen-bond acceptors (Lipinski definition) is 2. The Morgan fingerprint density at radius 3 is 2.62 bits per heavy atom. The molecule has 3 nitrogen and oxygen atoms in total. The van der Waals surface area contributed by atoms with E-state index in [1.165, 1.54) is 25.7 Å². The molecule has 0 spiro atoms. The van der Waals surface area contributed by atoms with E-state index in [-0.39, 0.29) is 12.5 Å². The second-order valence-electron chi connectivity index (χ2n) is 5.48. The van der Waals surface area contributed by atoms with Crippen LogP contribution in [-0.4, -0.2) is 23.7 Å². The number of hydrogen-bond donors (Lipinski definition) is 2. The van der Waals surface area contributed by atoms with Crippen molar-refractivity contribution in [2.75, 3.05) is 6.61 Å². The van der Waals surface area contributed by atoms with Gasteiger partial charge in [-0.15, -0.1) is 0 Å². The third kappa shape index (κ3) is 4.91. The molecule has 0 bridgehead atoms. The molecule has 0 unspecified atom stereocenters. The van der Waals surface area contributed by atoms with Crippen LogP contribution in [-0.2, 0) is 0 Å². The molecular weight excluding hydrogens is 262 g/mol. The van der Waals surface area contributed by atoms with Crippen molar-refractivity contribution in [3.63, 3.8) is 0 Å². The lowest BCUT2D eigenvalue weighted by molar-refractivity contribution is 0.0933. The summed E-state index contributed by atoms with van der Waals surface area (Å²) in [4.78, 5) is 12.5. The number of aliphatic hydroxyl groups is 1. The van der Waals surface area contributed by atoms with Crippen LogP contribution in [0.3, 0.4) is 0 Å². The summed E-state index contributed by atoms with van der Waals surface area (Å²) in [6.45, 7) is 0.0451. The molecule has 21 heavy (non-hydrogen) atoms. The monoisotopic (exact) mass is 285 g/mol. The third-order valence-corrected chi connectivity index (χ3v) is 3.82. The second-order valence-corrected chi connectivity index (χ2v) is 5.48. The van der Waals surface area contributed by atoms with Gasteiger partial charge in [0, 0.05) is 18.0 Å². The maximum atomic E-state index is 12.5. The molecule has 1 saturated carbocycles. The fourth-order valence-corrected chi connectivity index (χ4v) is 2.69. The molecule has 0 heterocycles. The molecule has 0 aromatic heterocycles. The van der Waals surface area contributed by atoms with Crippen LogP contribution in [0, 0.1) is 11.8 Å². The van der Waals surface area contributed by atoms with Crippen molar-refractivity contribution in [3.05, 3.63) is 35.4 Å². The first-order valence-electron chi connectivity index (χ1n) is 7.81. The van der Waals surface area contributed by atoms with E-state index in [9.17, 15) is 4.79 Å². The van der Waals surface area contributed by atoms with Gasteiger partial charge in [-0.2, -0.15) is 0 Å². The van der Waals surface area contributed by atoms with Crippen molar-refractivity contribution < 1.29 is 9.90 Å². The summed E-state index contributed by atoms with van der Waals surface area (Å²) in [5, 5.41) is 11.9. The van der Waals surface area contributed by atoms with E-state index in [2.05, 4.69) is 17.2 Å². The van der Waals surface area contributed by atoms with Gasteiger partial charge in [-0.3, -0.25) is 4.79 Å². The van der Waals surface area contributed by atoms with Crippen LogP contribution in [0.4, 0.5) is 0 Å². The highest BCUT2D eigenvalue weighted by molar-refractivity contribution is 5.96. The van der Waals surface area contributed by atoms with E-state index >= 15 is 0 Å². The van der Waals surface area contributed by atoms with Gasteiger partial charge >= 0.3 is 0 Å². The minimum atomic E-state index is -0.0317. The van der Waals surface area contributed by atoms with E-state index in [1.54, 1.807) is 0 Å². The maximum Gasteiger partial charge on any atom is 0.252 e. The minimum Gasteiger partial charge on any atom is -0.395 e. The van der Waals surface area contributed by atoms with Crippen LogP contribution in [0.25, 0.3) is 0 Å². The topological polar surface area (TPSA) is 49.3 Å². The summed E-state index contributed by atoms with van der Waals surface area (Å²) in [6.07, 6.45) is 7.52. The van der Waals surface area contributed by atoms with E-state index in [0.717, 1.165) is 18.4 Å². The molecule has 2 N–H and O–H groups in total. The molecule has 1 aromatic rings. The standard InChI is InChI=1S/C18H23NO2/c20-14-8-7-10-15-9-5-6-13-17(15)18(21)19-16-11-3-1-2-4-12-16/h5-6,9,13,16,20H,1-4,8,11-12,14H2,(H,19,21). The highest BCUT2D eigenvalue weighted by Crippen LogP contribution is 2.18. The van der Waals surface area contributed by atoms with E-state index < -0.39 is 0 Å². The zero-order chi connectivity index (χ0) is 14.9. The lowest BCUT2D eigenvalue weighted by atomic mass is 10.0. The Balaban J connectivity index is 2.06. The summed E-state index contributed by atoms with van der Waals surface area (Å²) in [5.41, 5.74) is 1.37. The molecule has 1 fully saturated rings. The van der Waals surface area contributed by atoms with Crippen LogP contribution in [0.1, 0.15) is 60.9 Å². The first-order chi connectivity index (χ1) is 10.3. The van der Waals surface area contributed by atoms with E-state index in [4.69, 9.17) is 5.11 Å². The number of carbonyl (C=O) groups is 1. The average Bonchev–Trinajstić information content (AvgIpc) is 2.76. The van der Waals surface area contributed by atoms with Crippen LogP contribution >= 0.6 is 0 Å². The molecule has 0 aliphatic heterocycles. The fourth-order valence-electron chi connectivity index (χ4n) is 2.69. The summed E-state index contributed by atoms with van der Waals surface area (Å²) >= 11 is 0. The summed E-state index contributed by atoms with van der Waals surface area (Å²) < 4.78 is 0. The van der Waals surface area contributed by atoms with Gasteiger partial charge in [0.05, 0.1) is 12.2 Å². The molecule has 1 amide bonds. The summed E-state index contributed by atoms with van der Waals surface area (Å²) in [7, 11) is 0. The lowest BCUT2D eigenvalue weighted by Gasteiger charge is -2.16. The van der Waals surface area contributed by atoms with Crippen molar-refractivity contribution in [3.8, 4) is 11.8 Å². The van der Waals surface area contributed by atoms with Gasteiger partial charge < -0.3 is 10.4 Å². The van der Waals surface area contributed by atoms with Crippen molar-refractivity contribution >= 4 is 5.91 Å². The zero-order valence-corrected chi connectivity index (χ0v) is 12.4. The third-order valence-electron chi connectivity index (χ3n) is 3.82. The largest absolute Gasteiger partial charge is 0.395 e. The molecule has 2 rings (SSSR count). The molecule has 3 heteroatoms. The smallest absolute Gasteiger partial charge is 0.252 e. The Hall–Kier alpha value is -1.79. The van der Waals surface area contributed by atoms with Gasteiger partial charge in [-0.1, -0.05) is 49.7 Å². The molecule has 0 radical (unpaired) electrons.